The molecule has 1 aliphatic heterocycles. The van der Waals surface area contributed by atoms with E-state index in [1.807, 2.05) is 0 Å². The molecule has 1 saturated heterocycles. The Labute approximate surface area is 175 Å². The van der Waals surface area contributed by atoms with Gasteiger partial charge in [0.2, 0.25) is 0 Å². The minimum Gasteiger partial charge on any atom is -0.451 e. The second kappa shape index (κ2) is 8.25. The summed E-state index contributed by atoms with van der Waals surface area (Å²) in [4.78, 5) is 49.4. The number of nitrogens with zero attached hydrogens (tertiary/aromatic N) is 1. The van der Waals surface area contributed by atoms with Crippen LogP contribution in [0.1, 0.15) is 61.8 Å². The average Bonchev–Trinajstić information content (AvgIpc) is 2.77. The number of rotatable bonds is 3. The van der Waals surface area contributed by atoms with Crippen molar-refractivity contribution in [2.75, 3.05) is 0 Å². The van der Waals surface area contributed by atoms with Crippen LogP contribution in [0.3, 0.4) is 0 Å². The Morgan fingerprint density at radius 3 is 2.03 bits per heavy atom. The molecule has 0 saturated carbocycles. The molecular formula is C20H29NO9. The number of ether oxygens (including phenoxy) is 5. The lowest BCUT2D eigenvalue weighted by Crippen LogP contribution is -2.53. The van der Waals surface area contributed by atoms with Crippen molar-refractivity contribution in [3.05, 3.63) is 11.5 Å². The summed E-state index contributed by atoms with van der Waals surface area (Å²) in [5, 5.41) is 0. The van der Waals surface area contributed by atoms with Crippen LogP contribution >= 0.6 is 0 Å². The van der Waals surface area contributed by atoms with Crippen LogP contribution in [0.2, 0.25) is 0 Å². The lowest BCUT2D eigenvalue weighted by atomic mass is 9.92. The largest absolute Gasteiger partial charge is 0.451 e. The monoisotopic (exact) mass is 427 g/mol. The fourth-order valence-electron chi connectivity index (χ4n) is 3.59. The van der Waals surface area contributed by atoms with Crippen molar-refractivity contribution in [3.63, 3.8) is 0 Å². The third kappa shape index (κ3) is 5.29. The predicted molar refractivity (Wildman–Crippen MR) is 102 cm³/mol. The Morgan fingerprint density at radius 1 is 1.00 bits per heavy atom. The van der Waals surface area contributed by atoms with Gasteiger partial charge in [0, 0.05) is 27.2 Å². The highest BCUT2D eigenvalue weighted by Crippen LogP contribution is 2.44. The molecule has 1 heterocycles. The van der Waals surface area contributed by atoms with Crippen LogP contribution in [-0.4, -0.2) is 58.5 Å². The lowest BCUT2D eigenvalue weighted by Gasteiger charge is -2.37. The highest BCUT2D eigenvalue weighted by Gasteiger charge is 2.59. The van der Waals surface area contributed by atoms with Gasteiger partial charge in [0.05, 0.1) is 6.04 Å². The maximum absolute atomic E-state index is 13.0. The maximum Gasteiger partial charge on any atom is 0.412 e. The quantitative estimate of drug-likeness (QED) is 0.494. The predicted octanol–water partition coefficient (Wildman–Crippen LogP) is 2.40. The highest BCUT2D eigenvalue weighted by molar-refractivity contribution is 5.72. The van der Waals surface area contributed by atoms with E-state index in [0.29, 0.717) is 0 Å². The van der Waals surface area contributed by atoms with Gasteiger partial charge in [-0.2, -0.15) is 0 Å². The van der Waals surface area contributed by atoms with Crippen molar-refractivity contribution < 1.29 is 42.9 Å². The van der Waals surface area contributed by atoms with E-state index in [4.69, 9.17) is 23.7 Å². The van der Waals surface area contributed by atoms with Crippen molar-refractivity contribution in [3.8, 4) is 0 Å². The number of hydrogen-bond donors (Lipinski definition) is 0. The van der Waals surface area contributed by atoms with Crippen LogP contribution in [0.4, 0.5) is 4.79 Å². The normalized spacial score (nSPS) is 25.3. The summed E-state index contributed by atoms with van der Waals surface area (Å²) in [6.45, 7) is 12.1. The highest BCUT2D eigenvalue weighted by atomic mass is 16.6. The van der Waals surface area contributed by atoms with Crippen LogP contribution in [0, 0.1) is 0 Å². The van der Waals surface area contributed by atoms with E-state index < -0.39 is 53.6 Å². The summed E-state index contributed by atoms with van der Waals surface area (Å²) >= 11 is 0. The summed E-state index contributed by atoms with van der Waals surface area (Å²) in [6.07, 6.45) is -2.72. The Kier molecular flexibility index (Phi) is 6.51. The van der Waals surface area contributed by atoms with Crippen molar-refractivity contribution in [2.45, 2.75) is 91.4 Å². The number of amides is 1. The first-order valence-electron chi connectivity index (χ1n) is 9.59. The first kappa shape index (κ1) is 23.7. The fraction of sp³-hybridized carbons (Fsp3) is 0.700. The van der Waals surface area contributed by atoms with Crippen LogP contribution in [-0.2, 0) is 38.1 Å². The molecule has 1 amide bonds. The van der Waals surface area contributed by atoms with Crippen LogP contribution in [0.25, 0.3) is 0 Å². The van der Waals surface area contributed by atoms with Gasteiger partial charge in [-0.3, -0.25) is 19.3 Å². The van der Waals surface area contributed by atoms with E-state index in [2.05, 4.69) is 0 Å². The summed E-state index contributed by atoms with van der Waals surface area (Å²) in [6, 6.07) is -0.701. The lowest BCUT2D eigenvalue weighted by molar-refractivity contribution is -0.165. The molecule has 0 spiro atoms. The van der Waals surface area contributed by atoms with Crippen LogP contribution in [0.5, 0.6) is 0 Å². The molecule has 0 aromatic heterocycles. The molecule has 1 fully saturated rings. The topological polar surface area (TPSA) is 118 Å². The van der Waals surface area contributed by atoms with Gasteiger partial charge >= 0.3 is 24.0 Å². The molecule has 2 rings (SSSR count). The van der Waals surface area contributed by atoms with Gasteiger partial charge in [-0.15, -0.1) is 0 Å². The van der Waals surface area contributed by atoms with E-state index >= 15 is 0 Å². The van der Waals surface area contributed by atoms with Crippen molar-refractivity contribution >= 4 is 24.0 Å². The number of carbonyl (C=O) groups is 4. The SMILES string of the molecule is CC(=O)OC1=C(OC(C)=O)[C@H](OC(C)=O)[C@@H]2OC(C)(C)N(C(=O)OC(C)(C)C)[C@@H]2C1. The molecule has 10 heteroatoms. The third-order valence-corrected chi connectivity index (χ3v) is 4.35. The van der Waals surface area contributed by atoms with E-state index in [-0.39, 0.29) is 17.9 Å². The van der Waals surface area contributed by atoms with Crippen LogP contribution in [0.15, 0.2) is 11.5 Å². The van der Waals surface area contributed by atoms with E-state index in [1.165, 1.54) is 25.7 Å². The van der Waals surface area contributed by atoms with Gasteiger partial charge in [0.1, 0.15) is 17.4 Å². The van der Waals surface area contributed by atoms with Crippen LogP contribution < -0.4 is 0 Å². The first-order valence-corrected chi connectivity index (χ1v) is 9.59. The van der Waals surface area contributed by atoms with Crippen molar-refractivity contribution in [2.24, 2.45) is 0 Å². The Balaban J connectivity index is 2.55. The molecule has 0 bridgehead atoms. The zero-order chi connectivity index (χ0) is 23.0. The fourth-order valence-corrected chi connectivity index (χ4v) is 3.59. The zero-order valence-electron chi connectivity index (χ0n) is 18.6. The van der Waals surface area contributed by atoms with Gasteiger partial charge in [-0.1, -0.05) is 0 Å². The third-order valence-electron chi connectivity index (χ3n) is 4.35. The zero-order valence-corrected chi connectivity index (χ0v) is 18.6. The van der Waals surface area contributed by atoms with Gasteiger partial charge in [0.15, 0.2) is 17.6 Å². The number of esters is 3. The molecule has 168 valence electrons. The molecule has 0 unspecified atom stereocenters. The smallest absolute Gasteiger partial charge is 0.412 e. The molecule has 3 atom stereocenters. The van der Waals surface area contributed by atoms with Gasteiger partial charge in [-0.25, -0.2) is 4.79 Å². The minimum absolute atomic E-state index is 0.00665. The van der Waals surface area contributed by atoms with E-state index in [1.54, 1.807) is 34.6 Å². The number of fused-ring (bicyclic) bond motifs is 1. The second-order valence-electron chi connectivity index (χ2n) is 8.66. The molecule has 10 nitrogen and oxygen atoms in total. The van der Waals surface area contributed by atoms with Gasteiger partial charge in [0.25, 0.3) is 0 Å². The second-order valence-corrected chi connectivity index (χ2v) is 8.66. The van der Waals surface area contributed by atoms with E-state index in [9.17, 15) is 19.2 Å². The molecule has 2 aliphatic rings. The van der Waals surface area contributed by atoms with Crippen molar-refractivity contribution in [1.29, 1.82) is 0 Å². The summed E-state index contributed by atoms with van der Waals surface area (Å²) in [5.41, 5.74) is -1.89. The van der Waals surface area contributed by atoms with Gasteiger partial charge < -0.3 is 23.7 Å². The summed E-state index contributed by atoms with van der Waals surface area (Å²) < 4.78 is 27.5. The molecule has 1 aliphatic carbocycles. The molecule has 30 heavy (non-hydrogen) atoms. The molecule has 0 N–H and O–H groups in total. The standard InChI is InChI=1S/C20H29NO9/c1-10(22)26-14-9-13-15(17(28-12(3)24)16(14)27-11(2)23)29-20(7,8)21(13)18(25)30-19(4,5)6/h13,15,17H,9H2,1-8H3/t13-,15-,17-/m1/s1. The number of carbonyl (C=O) groups excluding carboxylic acids is 4. The Morgan fingerprint density at radius 2 is 1.57 bits per heavy atom. The average molecular weight is 427 g/mol. The minimum atomic E-state index is -1.20. The van der Waals surface area contributed by atoms with E-state index in [0.717, 1.165) is 0 Å². The van der Waals surface area contributed by atoms with Gasteiger partial charge in [-0.05, 0) is 34.6 Å². The molecule has 0 aromatic rings. The molecule has 0 radical (unpaired) electrons. The first-order chi connectivity index (χ1) is 13.6. The Hall–Kier alpha value is -2.62. The summed E-state index contributed by atoms with van der Waals surface area (Å²) in [7, 11) is 0. The van der Waals surface area contributed by atoms with Crippen molar-refractivity contribution in [1.82, 2.24) is 4.90 Å². The molecular weight excluding hydrogens is 398 g/mol. The Bertz CT molecular complexity index is 778. The maximum atomic E-state index is 13.0. The molecule has 0 aromatic carbocycles. The number of hydrogen-bond acceptors (Lipinski definition) is 9. The summed E-state index contributed by atoms with van der Waals surface area (Å²) in [5.74, 6) is -2.15.